The normalized spacial score (nSPS) is 11.6. The monoisotopic (exact) mass is 409 g/mol. The van der Waals surface area contributed by atoms with Crippen LogP contribution in [-0.2, 0) is 0 Å². The number of benzene rings is 4. The highest BCUT2D eigenvalue weighted by Gasteiger charge is 2.22. The van der Waals surface area contributed by atoms with Gasteiger partial charge in [-0.3, -0.25) is 0 Å². The van der Waals surface area contributed by atoms with Crippen molar-refractivity contribution in [2.45, 2.75) is 13.8 Å². The van der Waals surface area contributed by atoms with Crippen molar-refractivity contribution in [1.29, 1.82) is 0 Å². The maximum absolute atomic E-state index is 5.08. The van der Waals surface area contributed by atoms with Crippen LogP contribution in [0.4, 0.5) is 0 Å². The Bertz CT molecular complexity index is 1530. The molecule has 0 radical (unpaired) electrons. The molecule has 32 heavy (non-hydrogen) atoms. The number of pyridine rings is 1. The predicted octanol–water partition coefficient (Wildman–Crippen LogP) is 8.48. The first-order valence-electron chi connectivity index (χ1n) is 11.0. The SMILES string of the molecule is C=Cc1cc(C)c(-c2cccc(-c3cc4c5c(cccc5n3)-c3ccccc3-4)c2)c(C)c1. The van der Waals surface area contributed by atoms with Gasteiger partial charge in [-0.15, -0.1) is 0 Å². The van der Waals surface area contributed by atoms with Gasteiger partial charge in [0, 0.05) is 10.9 Å². The average molecular weight is 410 g/mol. The van der Waals surface area contributed by atoms with E-state index in [2.05, 4.69) is 105 Å². The topological polar surface area (TPSA) is 12.9 Å². The molecule has 0 saturated heterocycles. The number of aryl methyl sites for hydroxylation is 2. The van der Waals surface area contributed by atoms with Gasteiger partial charge < -0.3 is 0 Å². The summed E-state index contributed by atoms with van der Waals surface area (Å²) in [5, 5.41) is 1.26. The predicted molar refractivity (Wildman–Crippen MR) is 137 cm³/mol. The van der Waals surface area contributed by atoms with Gasteiger partial charge in [-0.2, -0.15) is 0 Å². The van der Waals surface area contributed by atoms with Crippen LogP contribution < -0.4 is 0 Å². The Morgan fingerprint density at radius 1 is 0.656 bits per heavy atom. The van der Waals surface area contributed by atoms with Gasteiger partial charge in [0.25, 0.3) is 0 Å². The Morgan fingerprint density at radius 3 is 2.06 bits per heavy atom. The van der Waals surface area contributed by atoms with Gasteiger partial charge in [-0.1, -0.05) is 79.4 Å². The smallest absolute Gasteiger partial charge is 0.0722 e. The van der Waals surface area contributed by atoms with Crippen LogP contribution in [0, 0.1) is 13.8 Å². The van der Waals surface area contributed by atoms with Crippen molar-refractivity contribution in [2.24, 2.45) is 0 Å². The molecule has 6 rings (SSSR count). The molecule has 0 atom stereocenters. The van der Waals surface area contributed by atoms with Crippen LogP contribution in [0.1, 0.15) is 16.7 Å². The van der Waals surface area contributed by atoms with E-state index in [0.29, 0.717) is 0 Å². The molecule has 1 heterocycles. The Balaban J connectivity index is 1.55. The lowest BCUT2D eigenvalue weighted by molar-refractivity contribution is 1.36. The van der Waals surface area contributed by atoms with Crippen LogP contribution in [0.15, 0.2) is 91.5 Å². The molecule has 0 aliphatic heterocycles. The highest BCUT2D eigenvalue weighted by molar-refractivity contribution is 6.14. The van der Waals surface area contributed by atoms with Crippen molar-refractivity contribution in [2.75, 3.05) is 0 Å². The fourth-order valence-corrected chi connectivity index (χ4v) is 5.23. The second-order valence-corrected chi connectivity index (χ2v) is 8.61. The molecule has 1 aliphatic carbocycles. The molecule has 5 aromatic rings. The third kappa shape index (κ3) is 2.75. The minimum atomic E-state index is 1.02. The third-order valence-electron chi connectivity index (χ3n) is 6.58. The molecule has 1 nitrogen and oxygen atoms in total. The summed E-state index contributed by atoms with van der Waals surface area (Å²) in [7, 11) is 0. The van der Waals surface area contributed by atoms with E-state index in [-0.39, 0.29) is 0 Å². The van der Waals surface area contributed by atoms with Crippen LogP contribution in [0.5, 0.6) is 0 Å². The van der Waals surface area contributed by atoms with Crippen LogP contribution in [0.3, 0.4) is 0 Å². The molecule has 4 aromatic carbocycles. The van der Waals surface area contributed by atoms with Gasteiger partial charge in [0.1, 0.15) is 0 Å². The van der Waals surface area contributed by atoms with Crippen molar-refractivity contribution >= 4 is 17.0 Å². The Hall–Kier alpha value is -3.97. The molecule has 0 amide bonds. The molecule has 152 valence electrons. The summed E-state index contributed by atoms with van der Waals surface area (Å²) in [5.41, 5.74) is 14.6. The second kappa shape index (κ2) is 7.03. The molecule has 0 bridgehead atoms. The molecule has 1 heteroatoms. The number of hydrogen-bond acceptors (Lipinski definition) is 1. The number of nitrogens with zero attached hydrogens (tertiary/aromatic N) is 1. The number of aromatic nitrogens is 1. The Morgan fingerprint density at radius 2 is 1.31 bits per heavy atom. The van der Waals surface area contributed by atoms with Crippen LogP contribution in [0.2, 0.25) is 0 Å². The molecule has 1 aromatic heterocycles. The zero-order valence-electron chi connectivity index (χ0n) is 18.3. The average Bonchev–Trinajstić information content (AvgIpc) is 3.14. The van der Waals surface area contributed by atoms with Gasteiger partial charge in [0.05, 0.1) is 11.2 Å². The molecular weight excluding hydrogens is 386 g/mol. The lowest BCUT2D eigenvalue weighted by Gasteiger charge is -2.13. The van der Waals surface area contributed by atoms with Gasteiger partial charge >= 0.3 is 0 Å². The van der Waals surface area contributed by atoms with E-state index >= 15 is 0 Å². The van der Waals surface area contributed by atoms with Gasteiger partial charge in [-0.25, -0.2) is 4.98 Å². The largest absolute Gasteiger partial charge is 0.248 e. The number of rotatable bonds is 3. The maximum Gasteiger partial charge on any atom is 0.0722 e. The van der Waals surface area contributed by atoms with E-state index in [9.17, 15) is 0 Å². The minimum Gasteiger partial charge on any atom is -0.248 e. The molecule has 0 saturated carbocycles. The summed E-state index contributed by atoms with van der Waals surface area (Å²) in [5.74, 6) is 0. The summed E-state index contributed by atoms with van der Waals surface area (Å²) in [6, 6.07) is 30.6. The van der Waals surface area contributed by atoms with Gasteiger partial charge in [0.2, 0.25) is 0 Å². The van der Waals surface area contributed by atoms with E-state index in [0.717, 1.165) is 22.3 Å². The third-order valence-corrected chi connectivity index (χ3v) is 6.58. The van der Waals surface area contributed by atoms with E-state index in [4.69, 9.17) is 4.98 Å². The fraction of sp³-hybridized carbons (Fsp3) is 0.0645. The minimum absolute atomic E-state index is 1.02. The number of hydrogen-bond donors (Lipinski definition) is 0. The summed E-state index contributed by atoms with van der Waals surface area (Å²) >= 11 is 0. The van der Waals surface area contributed by atoms with Gasteiger partial charge in [0.15, 0.2) is 0 Å². The number of fused-ring (bicyclic) bond motifs is 3. The Kier molecular flexibility index (Phi) is 4.13. The quantitative estimate of drug-likeness (QED) is 0.286. The first-order chi connectivity index (χ1) is 15.6. The van der Waals surface area contributed by atoms with Crippen molar-refractivity contribution in [1.82, 2.24) is 4.98 Å². The molecule has 0 fully saturated rings. The maximum atomic E-state index is 5.08. The second-order valence-electron chi connectivity index (χ2n) is 8.61. The van der Waals surface area contributed by atoms with Crippen molar-refractivity contribution in [3.05, 3.63) is 108 Å². The van der Waals surface area contributed by atoms with E-state index in [1.807, 2.05) is 6.08 Å². The van der Waals surface area contributed by atoms with Crippen molar-refractivity contribution < 1.29 is 0 Å². The zero-order chi connectivity index (χ0) is 21.8. The van der Waals surface area contributed by atoms with E-state index in [1.165, 1.54) is 49.9 Å². The first-order valence-corrected chi connectivity index (χ1v) is 11.0. The van der Waals surface area contributed by atoms with Crippen LogP contribution in [0.25, 0.3) is 61.6 Å². The van der Waals surface area contributed by atoms with Crippen LogP contribution >= 0.6 is 0 Å². The highest BCUT2D eigenvalue weighted by Crippen LogP contribution is 2.47. The van der Waals surface area contributed by atoms with Crippen molar-refractivity contribution in [3.63, 3.8) is 0 Å². The van der Waals surface area contributed by atoms with E-state index < -0.39 is 0 Å². The lowest BCUT2D eigenvalue weighted by Crippen LogP contribution is -1.92. The first kappa shape index (κ1) is 18.8. The lowest BCUT2D eigenvalue weighted by atomic mass is 9.92. The Labute approximate surface area is 188 Å². The molecular formula is C31H23N. The fourth-order valence-electron chi connectivity index (χ4n) is 5.23. The standard InChI is InChI=1S/C31H23N/c1-4-21-15-19(2)30(20(3)16-21)23-10-7-9-22(17-23)29-18-27-25-12-6-5-11-24(25)26-13-8-14-28(32-29)31(26)27/h4-18H,1H2,2-3H3. The zero-order valence-corrected chi connectivity index (χ0v) is 18.3. The van der Waals surface area contributed by atoms with Crippen molar-refractivity contribution in [3.8, 4) is 44.6 Å². The summed E-state index contributed by atoms with van der Waals surface area (Å²) in [6.45, 7) is 8.27. The molecule has 0 N–H and O–H groups in total. The highest BCUT2D eigenvalue weighted by atomic mass is 14.7. The van der Waals surface area contributed by atoms with E-state index in [1.54, 1.807) is 0 Å². The molecule has 0 spiro atoms. The summed E-state index contributed by atoms with van der Waals surface area (Å²) < 4.78 is 0. The molecule has 1 aliphatic rings. The van der Waals surface area contributed by atoms with Gasteiger partial charge in [-0.05, 0) is 82.1 Å². The molecule has 0 unspecified atom stereocenters. The summed E-state index contributed by atoms with van der Waals surface area (Å²) in [6.07, 6.45) is 1.91. The summed E-state index contributed by atoms with van der Waals surface area (Å²) in [4.78, 5) is 5.08. The van der Waals surface area contributed by atoms with Crippen LogP contribution in [-0.4, -0.2) is 4.98 Å².